The van der Waals surface area contributed by atoms with Crippen LogP contribution in [0.2, 0.25) is 5.02 Å². The highest BCUT2D eigenvalue weighted by Gasteiger charge is 2.10. The minimum absolute atomic E-state index is 0.558. The van der Waals surface area contributed by atoms with Crippen LogP contribution in [0.25, 0.3) is 22.7 Å². The first-order valence-electron chi connectivity index (χ1n) is 4.53. The molecule has 0 aliphatic rings. The van der Waals surface area contributed by atoms with Crippen molar-refractivity contribution >= 4 is 22.7 Å². The number of rotatable bonds is 1. The van der Waals surface area contributed by atoms with Crippen LogP contribution in [0.5, 0.6) is 0 Å². The summed E-state index contributed by atoms with van der Waals surface area (Å²) < 4.78 is 5.57. The highest BCUT2D eigenvalue weighted by Crippen LogP contribution is 2.27. The molecule has 3 aromatic rings. The standard InChI is InChI=1S/C11H7ClN2O/c12-7-3-1-5-9-10(7)14-11(15-9)8-4-2-6-13-8/h1-6,13H. The Balaban J connectivity index is 2.27. The Morgan fingerprint density at radius 1 is 1.20 bits per heavy atom. The van der Waals surface area contributed by atoms with E-state index in [-0.39, 0.29) is 0 Å². The normalized spacial score (nSPS) is 11.0. The molecule has 0 saturated heterocycles. The van der Waals surface area contributed by atoms with Gasteiger partial charge in [0.15, 0.2) is 5.58 Å². The molecule has 0 amide bonds. The van der Waals surface area contributed by atoms with E-state index in [0.717, 1.165) is 5.69 Å². The molecule has 1 N–H and O–H groups in total. The molecule has 0 radical (unpaired) electrons. The van der Waals surface area contributed by atoms with Crippen molar-refractivity contribution in [3.63, 3.8) is 0 Å². The molecule has 2 aromatic heterocycles. The van der Waals surface area contributed by atoms with E-state index in [1.54, 1.807) is 6.07 Å². The van der Waals surface area contributed by atoms with Gasteiger partial charge in [-0.2, -0.15) is 0 Å². The Hall–Kier alpha value is -1.74. The minimum atomic E-state index is 0.558. The first-order chi connectivity index (χ1) is 7.34. The molecule has 4 heteroatoms. The van der Waals surface area contributed by atoms with Crippen molar-refractivity contribution in [2.24, 2.45) is 0 Å². The molecule has 74 valence electrons. The zero-order valence-corrected chi connectivity index (χ0v) is 8.45. The highest BCUT2D eigenvalue weighted by molar-refractivity contribution is 6.34. The Morgan fingerprint density at radius 2 is 2.13 bits per heavy atom. The van der Waals surface area contributed by atoms with Crippen LogP contribution in [-0.4, -0.2) is 9.97 Å². The number of oxazole rings is 1. The maximum Gasteiger partial charge on any atom is 0.244 e. The average molecular weight is 219 g/mol. The molecule has 0 spiro atoms. The number of aromatic amines is 1. The lowest BCUT2D eigenvalue weighted by molar-refractivity contribution is 0.617. The van der Waals surface area contributed by atoms with E-state index in [2.05, 4.69) is 9.97 Å². The third-order valence-corrected chi connectivity index (χ3v) is 2.50. The van der Waals surface area contributed by atoms with Crippen LogP contribution in [-0.2, 0) is 0 Å². The Labute approximate surface area is 90.7 Å². The second kappa shape index (κ2) is 3.14. The van der Waals surface area contributed by atoms with E-state index in [0.29, 0.717) is 22.0 Å². The number of hydrogen-bond donors (Lipinski definition) is 1. The zero-order valence-electron chi connectivity index (χ0n) is 7.70. The largest absolute Gasteiger partial charge is 0.435 e. The molecule has 15 heavy (non-hydrogen) atoms. The fourth-order valence-electron chi connectivity index (χ4n) is 1.49. The van der Waals surface area contributed by atoms with Crippen molar-refractivity contribution in [3.05, 3.63) is 41.6 Å². The monoisotopic (exact) mass is 218 g/mol. The maximum absolute atomic E-state index is 6.00. The summed E-state index contributed by atoms with van der Waals surface area (Å²) in [5.41, 5.74) is 2.25. The Morgan fingerprint density at radius 3 is 2.87 bits per heavy atom. The molecule has 1 aromatic carbocycles. The molecule has 0 unspecified atom stereocenters. The van der Waals surface area contributed by atoms with Gasteiger partial charge in [0, 0.05) is 6.20 Å². The molecular weight excluding hydrogens is 212 g/mol. The second-order valence-corrected chi connectivity index (χ2v) is 3.60. The lowest BCUT2D eigenvalue weighted by atomic mass is 10.3. The van der Waals surface area contributed by atoms with Gasteiger partial charge in [-0.15, -0.1) is 0 Å². The van der Waals surface area contributed by atoms with Crippen LogP contribution < -0.4 is 0 Å². The van der Waals surface area contributed by atoms with Crippen LogP contribution in [0, 0.1) is 0 Å². The van der Waals surface area contributed by atoms with Gasteiger partial charge in [0.1, 0.15) is 11.2 Å². The summed E-state index contributed by atoms with van der Waals surface area (Å²) in [4.78, 5) is 7.36. The zero-order chi connectivity index (χ0) is 10.3. The quantitative estimate of drug-likeness (QED) is 0.680. The fraction of sp³-hybridized carbons (Fsp3) is 0. The van der Waals surface area contributed by atoms with Crippen LogP contribution in [0.4, 0.5) is 0 Å². The lowest BCUT2D eigenvalue weighted by Crippen LogP contribution is -1.75. The predicted molar refractivity (Wildman–Crippen MR) is 58.8 cm³/mol. The Kier molecular flexibility index (Phi) is 1.79. The number of hydrogen-bond acceptors (Lipinski definition) is 2. The van der Waals surface area contributed by atoms with Crippen LogP contribution in [0.15, 0.2) is 40.9 Å². The van der Waals surface area contributed by atoms with Crippen molar-refractivity contribution < 1.29 is 4.42 Å². The molecule has 0 fully saturated rings. The summed E-state index contributed by atoms with van der Waals surface area (Å²) in [6.45, 7) is 0. The second-order valence-electron chi connectivity index (χ2n) is 3.19. The van der Waals surface area contributed by atoms with Crippen molar-refractivity contribution in [3.8, 4) is 11.6 Å². The molecule has 0 saturated carbocycles. The van der Waals surface area contributed by atoms with Gasteiger partial charge in [0.25, 0.3) is 0 Å². The summed E-state index contributed by atoms with van der Waals surface area (Å²) in [6.07, 6.45) is 1.83. The summed E-state index contributed by atoms with van der Waals surface area (Å²) in [5.74, 6) is 0.558. The first kappa shape index (κ1) is 8.56. The number of aromatic nitrogens is 2. The molecule has 0 aliphatic carbocycles. The fourth-order valence-corrected chi connectivity index (χ4v) is 1.70. The number of nitrogens with zero attached hydrogens (tertiary/aromatic N) is 1. The van der Waals surface area contributed by atoms with E-state index in [1.807, 2.05) is 30.5 Å². The molecule has 2 heterocycles. The SMILES string of the molecule is Clc1cccc2oc(-c3ccc[nH]3)nc12. The topological polar surface area (TPSA) is 41.8 Å². The van der Waals surface area contributed by atoms with Gasteiger partial charge < -0.3 is 9.40 Å². The molecule has 0 bridgehead atoms. The van der Waals surface area contributed by atoms with Crippen LogP contribution >= 0.6 is 11.6 Å². The summed E-state index contributed by atoms with van der Waals surface area (Å²) in [6, 6.07) is 9.28. The van der Waals surface area contributed by atoms with Crippen molar-refractivity contribution in [1.29, 1.82) is 0 Å². The highest BCUT2D eigenvalue weighted by atomic mass is 35.5. The number of halogens is 1. The summed E-state index contributed by atoms with van der Waals surface area (Å²) in [7, 11) is 0. The van der Waals surface area contributed by atoms with Gasteiger partial charge >= 0.3 is 0 Å². The van der Waals surface area contributed by atoms with E-state index >= 15 is 0 Å². The minimum Gasteiger partial charge on any atom is -0.435 e. The smallest absolute Gasteiger partial charge is 0.244 e. The number of benzene rings is 1. The molecule has 3 rings (SSSR count). The number of nitrogens with one attached hydrogen (secondary N) is 1. The van der Waals surface area contributed by atoms with Crippen LogP contribution in [0.3, 0.4) is 0 Å². The van der Waals surface area contributed by atoms with Crippen molar-refractivity contribution in [2.45, 2.75) is 0 Å². The number of para-hydroxylation sites is 1. The lowest BCUT2D eigenvalue weighted by Gasteiger charge is -1.86. The van der Waals surface area contributed by atoms with Crippen molar-refractivity contribution in [2.75, 3.05) is 0 Å². The third kappa shape index (κ3) is 1.32. The predicted octanol–water partition coefficient (Wildman–Crippen LogP) is 3.48. The Bertz CT molecular complexity index is 598. The van der Waals surface area contributed by atoms with Gasteiger partial charge in [0.2, 0.25) is 5.89 Å². The number of fused-ring (bicyclic) bond motifs is 1. The average Bonchev–Trinajstić information content (AvgIpc) is 2.86. The molecular formula is C11H7ClN2O. The van der Waals surface area contributed by atoms with Gasteiger partial charge in [0.05, 0.1) is 5.02 Å². The third-order valence-electron chi connectivity index (χ3n) is 2.20. The van der Waals surface area contributed by atoms with E-state index in [9.17, 15) is 0 Å². The maximum atomic E-state index is 6.00. The first-order valence-corrected chi connectivity index (χ1v) is 4.91. The van der Waals surface area contributed by atoms with E-state index in [4.69, 9.17) is 16.0 Å². The molecule has 3 nitrogen and oxygen atoms in total. The van der Waals surface area contributed by atoms with Gasteiger partial charge in [-0.1, -0.05) is 17.7 Å². The van der Waals surface area contributed by atoms with Gasteiger partial charge in [-0.3, -0.25) is 0 Å². The van der Waals surface area contributed by atoms with Crippen LogP contribution in [0.1, 0.15) is 0 Å². The molecule has 0 atom stereocenters. The van der Waals surface area contributed by atoms with Gasteiger partial charge in [-0.05, 0) is 24.3 Å². The summed E-state index contributed by atoms with van der Waals surface area (Å²) >= 11 is 6.00. The van der Waals surface area contributed by atoms with E-state index in [1.165, 1.54) is 0 Å². The van der Waals surface area contributed by atoms with Crippen molar-refractivity contribution in [1.82, 2.24) is 9.97 Å². The van der Waals surface area contributed by atoms with E-state index < -0.39 is 0 Å². The van der Waals surface area contributed by atoms with Gasteiger partial charge in [-0.25, -0.2) is 4.98 Å². The summed E-state index contributed by atoms with van der Waals surface area (Å²) in [5, 5.41) is 0.606. The molecule has 0 aliphatic heterocycles. The number of H-pyrrole nitrogens is 1.